The molecule has 2 heteroatoms. The Labute approximate surface area is 108 Å². The standard InChI is InChI=1S/C7H17Si.C2H5.Pr/c1-4-7-8(5-2)6-3;1-2;/h4-7H2,1-3H3;1H2,2H3;/q;-1;. The molecular weight excluding hydrogens is 277 g/mol. The zero-order valence-electron chi connectivity index (χ0n) is 8.61. The summed E-state index contributed by atoms with van der Waals surface area (Å²) in [5.74, 6) is 0. The van der Waals surface area contributed by atoms with E-state index in [2.05, 4.69) is 27.7 Å². The average Bonchev–Trinajstić information content (AvgIpc) is 2.04. The van der Waals surface area contributed by atoms with Crippen LogP contribution in [0.3, 0.4) is 0 Å². The first-order valence-electron chi connectivity index (χ1n) is 4.39. The second kappa shape index (κ2) is 17.6. The summed E-state index contributed by atoms with van der Waals surface area (Å²) in [6.07, 6.45) is 1.40. The van der Waals surface area contributed by atoms with Gasteiger partial charge < -0.3 is 6.92 Å². The molecular formula is C9H22PrSi-. The van der Waals surface area contributed by atoms with Crippen molar-refractivity contribution in [3.63, 3.8) is 0 Å². The molecule has 0 saturated heterocycles. The quantitative estimate of drug-likeness (QED) is 0.547. The van der Waals surface area contributed by atoms with Gasteiger partial charge in [-0.1, -0.05) is 45.3 Å². The van der Waals surface area contributed by atoms with Gasteiger partial charge in [0.2, 0.25) is 0 Å². The molecule has 66 valence electrons. The molecule has 0 spiro atoms. The first-order chi connectivity index (χ1) is 4.85. The fraction of sp³-hybridized carbons (Fsp3) is 0.889. The predicted molar refractivity (Wildman–Crippen MR) is 52.8 cm³/mol. The van der Waals surface area contributed by atoms with Crippen LogP contribution in [0.1, 0.15) is 34.1 Å². The van der Waals surface area contributed by atoms with Gasteiger partial charge in [-0.05, 0) is 0 Å². The van der Waals surface area contributed by atoms with Crippen LogP contribution in [0.5, 0.6) is 0 Å². The molecule has 0 aliphatic carbocycles. The minimum atomic E-state index is 0. The smallest absolute Gasteiger partial charge is 0.0473 e. The molecule has 0 N–H and O–H groups in total. The van der Waals surface area contributed by atoms with Gasteiger partial charge in [0.1, 0.15) is 0 Å². The summed E-state index contributed by atoms with van der Waals surface area (Å²) in [7, 11) is 0.126. The number of rotatable bonds is 4. The third-order valence-electron chi connectivity index (χ3n) is 1.60. The fourth-order valence-corrected chi connectivity index (χ4v) is 2.87. The summed E-state index contributed by atoms with van der Waals surface area (Å²) in [6, 6.07) is 4.46. The van der Waals surface area contributed by atoms with E-state index in [0.29, 0.717) is 0 Å². The van der Waals surface area contributed by atoms with Gasteiger partial charge >= 0.3 is 0 Å². The van der Waals surface area contributed by atoms with Gasteiger partial charge in [0, 0.05) is 50.1 Å². The van der Waals surface area contributed by atoms with Crippen molar-refractivity contribution < 1.29 is 41.3 Å². The molecule has 0 atom stereocenters. The van der Waals surface area contributed by atoms with Crippen LogP contribution in [0.4, 0.5) is 0 Å². The van der Waals surface area contributed by atoms with Crippen LogP contribution in [0.25, 0.3) is 0 Å². The maximum atomic E-state index is 3.25. The van der Waals surface area contributed by atoms with E-state index in [1.807, 2.05) is 0 Å². The topological polar surface area (TPSA) is 0 Å². The zero-order valence-corrected chi connectivity index (χ0v) is 13.3. The Morgan fingerprint density at radius 1 is 1.00 bits per heavy atom. The molecule has 11 heavy (non-hydrogen) atoms. The Morgan fingerprint density at radius 3 is 1.45 bits per heavy atom. The van der Waals surface area contributed by atoms with Gasteiger partial charge in [-0.2, -0.15) is 6.92 Å². The molecule has 0 amide bonds. The minimum absolute atomic E-state index is 0. The second-order valence-corrected chi connectivity index (χ2v) is 5.62. The molecule has 0 aromatic carbocycles. The molecule has 0 nitrogen and oxygen atoms in total. The molecule has 0 aliphatic heterocycles. The first kappa shape index (κ1) is 18.4. The maximum Gasteiger partial charge on any atom is 0.0473 e. The maximum absolute atomic E-state index is 3.25. The van der Waals surface area contributed by atoms with Crippen molar-refractivity contribution in [3.8, 4) is 0 Å². The van der Waals surface area contributed by atoms with Crippen molar-refractivity contribution >= 4 is 8.80 Å². The molecule has 0 bridgehead atoms. The van der Waals surface area contributed by atoms with E-state index >= 15 is 0 Å². The largest absolute Gasteiger partial charge is 0.346 e. The minimum Gasteiger partial charge on any atom is -0.346 e. The summed E-state index contributed by atoms with van der Waals surface area (Å²) >= 11 is 0. The molecule has 0 fully saturated rings. The van der Waals surface area contributed by atoms with Gasteiger partial charge in [-0.15, -0.1) is 0 Å². The summed E-state index contributed by atoms with van der Waals surface area (Å²) < 4.78 is 0. The van der Waals surface area contributed by atoms with Crippen LogP contribution in [0, 0.1) is 48.2 Å². The number of hydrogen-bond acceptors (Lipinski definition) is 0. The van der Waals surface area contributed by atoms with E-state index in [4.69, 9.17) is 0 Å². The van der Waals surface area contributed by atoms with Crippen molar-refractivity contribution in [1.82, 2.24) is 0 Å². The molecule has 0 unspecified atom stereocenters. The first-order valence-corrected chi connectivity index (χ1v) is 6.51. The Kier molecular flexibility index (Phi) is 29.4. The molecule has 0 saturated carbocycles. The Bertz CT molecular complexity index is 44.8. The van der Waals surface area contributed by atoms with E-state index in [0.717, 1.165) is 0 Å². The Morgan fingerprint density at radius 2 is 1.36 bits per heavy atom. The third kappa shape index (κ3) is 14.4. The summed E-state index contributed by atoms with van der Waals surface area (Å²) in [5.41, 5.74) is 0. The molecule has 0 heterocycles. The predicted octanol–water partition coefficient (Wildman–Crippen LogP) is 3.77. The van der Waals surface area contributed by atoms with E-state index < -0.39 is 0 Å². The monoisotopic (exact) mass is 299 g/mol. The van der Waals surface area contributed by atoms with Crippen molar-refractivity contribution in [2.75, 3.05) is 0 Å². The van der Waals surface area contributed by atoms with Crippen molar-refractivity contribution in [2.24, 2.45) is 0 Å². The summed E-state index contributed by atoms with van der Waals surface area (Å²) in [6.45, 7) is 11.9. The average molecular weight is 299 g/mol. The van der Waals surface area contributed by atoms with Gasteiger partial charge in [0.15, 0.2) is 0 Å². The van der Waals surface area contributed by atoms with Crippen molar-refractivity contribution in [2.45, 2.75) is 52.2 Å². The van der Waals surface area contributed by atoms with Gasteiger partial charge in [0.25, 0.3) is 0 Å². The van der Waals surface area contributed by atoms with Crippen LogP contribution < -0.4 is 0 Å². The SMILES string of the molecule is CCC[Si](CC)CC.[CH2-]C.[Pr]. The van der Waals surface area contributed by atoms with Gasteiger partial charge in [-0.25, -0.2) is 0 Å². The number of hydrogen-bond donors (Lipinski definition) is 0. The van der Waals surface area contributed by atoms with Crippen molar-refractivity contribution in [3.05, 3.63) is 6.92 Å². The summed E-state index contributed by atoms with van der Waals surface area (Å²) in [5, 5.41) is 0. The van der Waals surface area contributed by atoms with Crippen LogP contribution in [-0.4, -0.2) is 8.80 Å². The molecule has 0 rings (SSSR count). The second-order valence-electron chi connectivity index (χ2n) is 2.21. The Balaban J connectivity index is -0.000000196. The van der Waals surface area contributed by atoms with E-state index in [1.54, 1.807) is 6.92 Å². The third-order valence-corrected chi connectivity index (χ3v) is 4.81. The van der Waals surface area contributed by atoms with Crippen LogP contribution in [-0.2, 0) is 0 Å². The van der Waals surface area contributed by atoms with Crippen LogP contribution >= 0.6 is 0 Å². The van der Waals surface area contributed by atoms with Crippen molar-refractivity contribution in [1.29, 1.82) is 0 Å². The molecule has 0 aliphatic rings. The summed E-state index contributed by atoms with van der Waals surface area (Å²) in [4.78, 5) is 0. The van der Waals surface area contributed by atoms with Crippen LogP contribution in [0.15, 0.2) is 0 Å². The zero-order chi connectivity index (χ0) is 8.41. The van der Waals surface area contributed by atoms with Gasteiger partial charge in [-0.3, -0.25) is 0 Å². The van der Waals surface area contributed by atoms with E-state index in [-0.39, 0.29) is 50.1 Å². The normalized spacial score (nSPS) is 8.18. The van der Waals surface area contributed by atoms with Crippen LogP contribution in [0.2, 0.25) is 18.1 Å². The Hall–Kier alpha value is 1.58. The van der Waals surface area contributed by atoms with E-state index in [9.17, 15) is 0 Å². The van der Waals surface area contributed by atoms with Gasteiger partial charge in [0.05, 0.1) is 0 Å². The molecule has 0 aromatic heterocycles. The fourth-order valence-electron chi connectivity index (χ4n) is 0.957. The van der Waals surface area contributed by atoms with E-state index in [1.165, 1.54) is 24.6 Å². The molecule has 0 aromatic rings. The molecule has 2 radical (unpaired) electrons.